The normalized spacial score (nSPS) is 13.9. The molecule has 1 aliphatic rings. The van der Waals surface area contributed by atoms with Crippen LogP contribution in [-0.4, -0.2) is 20.5 Å². The molecule has 0 saturated heterocycles. The first-order chi connectivity index (χ1) is 13.6. The minimum absolute atomic E-state index is 0.121. The summed E-state index contributed by atoms with van der Waals surface area (Å²) in [5.41, 5.74) is 3.08. The SMILES string of the molecule is Cc1ccc(C(=O)c2ccc3c(c2)oc(=O)n3Cc2noc(C3CC3)n2)cc1. The van der Waals surface area contributed by atoms with Gasteiger partial charge in [0.25, 0.3) is 0 Å². The molecule has 4 aromatic rings. The number of carbonyl (C=O) groups is 1. The molecule has 2 aromatic heterocycles. The van der Waals surface area contributed by atoms with Gasteiger partial charge < -0.3 is 8.94 Å². The van der Waals surface area contributed by atoms with Crippen LogP contribution in [0, 0.1) is 6.92 Å². The van der Waals surface area contributed by atoms with Crippen LogP contribution in [0.1, 0.15) is 52.0 Å². The minimum atomic E-state index is -0.521. The molecule has 0 bridgehead atoms. The molecule has 7 nitrogen and oxygen atoms in total. The van der Waals surface area contributed by atoms with Crippen molar-refractivity contribution < 1.29 is 13.7 Å². The van der Waals surface area contributed by atoms with Gasteiger partial charge in [-0.25, -0.2) is 4.79 Å². The van der Waals surface area contributed by atoms with Crippen molar-refractivity contribution >= 4 is 16.9 Å². The Balaban J connectivity index is 1.46. The molecule has 0 atom stereocenters. The first-order valence-electron chi connectivity index (χ1n) is 9.16. The van der Waals surface area contributed by atoms with Crippen molar-refractivity contribution in [2.45, 2.75) is 32.2 Å². The summed E-state index contributed by atoms with van der Waals surface area (Å²) in [7, 11) is 0. The van der Waals surface area contributed by atoms with E-state index in [0.29, 0.717) is 39.9 Å². The molecule has 28 heavy (non-hydrogen) atoms. The van der Waals surface area contributed by atoms with Gasteiger partial charge in [-0.3, -0.25) is 9.36 Å². The summed E-state index contributed by atoms with van der Waals surface area (Å²) >= 11 is 0. The number of carbonyl (C=O) groups excluding carboxylic acids is 1. The number of ketones is 1. The summed E-state index contributed by atoms with van der Waals surface area (Å²) in [6.45, 7) is 2.13. The molecule has 0 N–H and O–H groups in total. The minimum Gasteiger partial charge on any atom is -0.408 e. The average molecular weight is 375 g/mol. The van der Waals surface area contributed by atoms with Gasteiger partial charge >= 0.3 is 5.76 Å². The van der Waals surface area contributed by atoms with Crippen LogP contribution in [0.5, 0.6) is 0 Å². The van der Waals surface area contributed by atoms with Gasteiger partial charge in [0.1, 0.15) is 0 Å². The van der Waals surface area contributed by atoms with Crippen molar-refractivity contribution in [2.75, 3.05) is 0 Å². The number of oxazole rings is 1. The van der Waals surface area contributed by atoms with E-state index in [1.807, 2.05) is 19.1 Å². The number of fused-ring (bicyclic) bond motifs is 1. The largest absolute Gasteiger partial charge is 0.420 e. The highest BCUT2D eigenvalue weighted by molar-refractivity contribution is 6.10. The van der Waals surface area contributed by atoms with Gasteiger partial charge in [0.2, 0.25) is 5.89 Å². The van der Waals surface area contributed by atoms with E-state index in [9.17, 15) is 9.59 Å². The predicted octanol–water partition coefficient (Wildman–Crippen LogP) is 3.44. The van der Waals surface area contributed by atoms with Crippen molar-refractivity contribution in [3.05, 3.63) is 81.4 Å². The Hall–Kier alpha value is -3.48. The van der Waals surface area contributed by atoms with E-state index in [1.54, 1.807) is 30.3 Å². The molecule has 0 unspecified atom stereocenters. The van der Waals surface area contributed by atoms with Gasteiger partial charge in [-0.2, -0.15) is 4.98 Å². The number of hydrogen-bond donors (Lipinski definition) is 0. The Labute approximate surface area is 159 Å². The standard InChI is InChI=1S/C21H17N3O4/c1-12-2-4-13(5-3-12)19(25)15-8-9-16-17(10-15)27-21(26)24(16)11-18-22-20(28-23-18)14-6-7-14/h2-5,8-10,14H,6-7,11H2,1H3. The van der Waals surface area contributed by atoms with Gasteiger partial charge in [-0.15, -0.1) is 0 Å². The summed E-state index contributed by atoms with van der Waals surface area (Å²) in [6.07, 6.45) is 2.13. The molecular formula is C21H17N3O4. The number of aromatic nitrogens is 3. The number of nitrogens with zero attached hydrogens (tertiary/aromatic N) is 3. The zero-order chi connectivity index (χ0) is 19.3. The fraction of sp³-hybridized carbons (Fsp3) is 0.238. The van der Waals surface area contributed by atoms with Gasteiger partial charge in [-0.05, 0) is 38.0 Å². The van der Waals surface area contributed by atoms with Gasteiger partial charge in [0.15, 0.2) is 17.2 Å². The maximum Gasteiger partial charge on any atom is 0.420 e. The van der Waals surface area contributed by atoms with E-state index >= 15 is 0 Å². The molecule has 0 amide bonds. The van der Waals surface area contributed by atoms with Crippen molar-refractivity contribution in [2.24, 2.45) is 0 Å². The van der Waals surface area contributed by atoms with Crippen LogP contribution in [0.2, 0.25) is 0 Å². The third-order valence-electron chi connectivity index (χ3n) is 4.95. The van der Waals surface area contributed by atoms with Crippen molar-refractivity contribution in [3.63, 3.8) is 0 Å². The molecule has 5 rings (SSSR count). The second-order valence-corrected chi connectivity index (χ2v) is 7.15. The maximum absolute atomic E-state index is 12.7. The Morgan fingerprint density at radius 1 is 1.14 bits per heavy atom. The van der Waals surface area contributed by atoms with Gasteiger partial charge in [0, 0.05) is 17.0 Å². The quantitative estimate of drug-likeness (QED) is 0.496. The number of benzene rings is 2. The zero-order valence-electron chi connectivity index (χ0n) is 15.2. The van der Waals surface area contributed by atoms with Crippen molar-refractivity contribution in [3.8, 4) is 0 Å². The van der Waals surface area contributed by atoms with E-state index < -0.39 is 5.76 Å². The van der Waals surface area contributed by atoms with Crippen molar-refractivity contribution in [1.82, 2.24) is 14.7 Å². The molecule has 0 spiro atoms. The fourth-order valence-corrected chi connectivity index (χ4v) is 3.20. The molecule has 0 radical (unpaired) electrons. The monoisotopic (exact) mass is 375 g/mol. The highest BCUT2D eigenvalue weighted by Crippen LogP contribution is 2.38. The maximum atomic E-state index is 12.7. The van der Waals surface area contributed by atoms with Gasteiger partial charge in [-0.1, -0.05) is 35.0 Å². The van der Waals surface area contributed by atoms with Crippen LogP contribution in [-0.2, 0) is 6.54 Å². The van der Waals surface area contributed by atoms with Crippen LogP contribution in [0.3, 0.4) is 0 Å². The highest BCUT2D eigenvalue weighted by Gasteiger charge is 2.29. The summed E-state index contributed by atoms with van der Waals surface area (Å²) in [5, 5.41) is 3.95. The van der Waals surface area contributed by atoms with E-state index in [2.05, 4.69) is 10.1 Å². The third kappa shape index (κ3) is 2.94. The summed E-state index contributed by atoms with van der Waals surface area (Å²) in [4.78, 5) is 29.4. The topological polar surface area (TPSA) is 91.1 Å². The van der Waals surface area contributed by atoms with E-state index in [0.717, 1.165) is 18.4 Å². The summed E-state index contributed by atoms with van der Waals surface area (Å²) in [5.74, 6) is 0.778. The smallest absolute Gasteiger partial charge is 0.408 e. The van der Waals surface area contributed by atoms with Gasteiger partial charge in [0.05, 0.1) is 12.1 Å². The lowest BCUT2D eigenvalue weighted by atomic mass is 10.0. The molecule has 1 fully saturated rings. The first-order valence-corrected chi connectivity index (χ1v) is 9.16. The predicted molar refractivity (Wildman–Crippen MR) is 100 cm³/mol. The summed E-state index contributed by atoms with van der Waals surface area (Å²) < 4.78 is 12.0. The number of aryl methyl sites for hydroxylation is 1. The zero-order valence-corrected chi connectivity index (χ0v) is 15.2. The number of hydrogen-bond acceptors (Lipinski definition) is 6. The molecule has 1 aliphatic carbocycles. The third-order valence-corrected chi connectivity index (χ3v) is 4.95. The average Bonchev–Trinajstić information content (AvgIpc) is 3.37. The first kappa shape index (κ1) is 16.7. The lowest BCUT2D eigenvalue weighted by Gasteiger charge is -2.02. The Morgan fingerprint density at radius 2 is 1.89 bits per heavy atom. The molecule has 1 saturated carbocycles. The number of rotatable bonds is 5. The van der Waals surface area contributed by atoms with Crippen LogP contribution in [0.4, 0.5) is 0 Å². The molecule has 2 aromatic carbocycles. The van der Waals surface area contributed by atoms with Crippen LogP contribution < -0.4 is 5.76 Å². The van der Waals surface area contributed by atoms with Crippen LogP contribution in [0.15, 0.2) is 56.2 Å². The molecular weight excluding hydrogens is 358 g/mol. The Kier molecular flexibility index (Phi) is 3.75. The van der Waals surface area contributed by atoms with E-state index in [1.165, 1.54) is 4.57 Å². The van der Waals surface area contributed by atoms with Crippen LogP contribution >= 0.6 is 0 Å². The lowest BCUT2D eigenvalue weighted by Crippen LogP contribution is -2.15. The molecule has 2 heterocycles. The van der Waals surface area contributed by atoms with E-state index in [4.69, 9.17) is 8.94 Å². The lowest BCUT2D eigenvalue weighted by molar-refractivity contribution is 0.103. The van der Waals surface area contributed by atoms with E-state index in [-0.39, 0.29) is 12.3 Å². The molecule has 7 heteroatoms. The second kappa shape index (κ2) is 6.30. The Bertz CT molecular complexity index is 1240. The Morgan fingerprint density at radius 3 is 2.64 bits per heavy atom. The summed E-state index contributed by atoms with van der Waals surface area (Å²) in [6, 6.07) is 12.4. The second-order valence-electron chi connectivity index (χ2n) is 7.15. The van der Waals surface area contributed by atoms with Crippen LogP contribution in [0.25, 0.3) is 11.1 Å². The van der Waals surface area contributed by atoms with Crippen molar-refractivity contribution in [1.29, 1.82) is 0 Å². The molecule has 0 aliphatic heterocycles. The highest BCUT2D eigenvalue weighted by atomic mass is 16.5. The molecule has 140 valence electrons. The fourth-order valence-electron chi connectivity index (χ4n) is 3.20.